The summed E-state index contributed by atoms with van der Waals surface area (Å²) in [6, 6.07) is 3.67. The number of ether oxygens (including phenoxy) is 1. The van der Waals surface area contributed by atoms with Gasteiger partial charge >= 0.3 is 0 Å². The number of morpholine rings is 1. The van der Waals surface area contributed by atoms with Crippen LogP contribution in [-0.2, 0) is 4.74 Å². The van der Waals surface area contributed by atoms with E-state index in [4.69, 9.17) is 9.15 Å². The summed E-state index contributed by atoms with van der Waals surface area (Å²) in [6.45, 7) is 5.38. The highest BCUT2D eigenvalue weighted by molar-refractivity contribution is 5.92. The van der Waals surface area contributed by atoms with Crippen LogP contribution in [0.25, 0.3) is 0 Å². The predicted molar refractivity (Wildman–Crippen MR) is 91.5 cm³/mol. The first-order valence-electron chi connectivity index (χ1n) is 8.75. The van der Waals surface area contributed by atoms with Crippen molar-refractivity contribution in [3.63, 3.8) is 0 Å². The quantitative estimate of drug-likeness (QED) is 0.851. The van der Waals surface area contributed by atoms with E-state index in [9.17, 15) is 4.79 Å². The average Bonchev–Trinajstić information content (AvgIpc) is 3.33. The molecule has 0 bridgehead atoms. The van der Waals surface area contributed by atoms with Crippen molar-refractivity contribution in [1.82, 2.24) is 14.9 Å². The van der Waals surface area contributed by atoms with Crippen molar-refractivity contribution in [1.29, 1.82) is 0 Å². The molecule has 2 aromatic heterocycles. The van der Waals surface area contributed by atoms with Gasteiger partial charge in [0.05, 0.1) is 25.1 Å². The standard InChI is InChI=1S/C18H22N4O3/c1-13-5-10-25-16(13)17(23)22-9-11-24-15(12-22)14-4-6-19-18(20-14)21-7-2-3-8-21/h4-6,10,15H,2-3,7-9,11-12H2,1H3/t15-/m1/s1. The maximum atomic E-state index is 12.7. The van der Waals surface area contributed by atoms with E-state index in [0.29, 0.717) is 25.5 Å². The molecule has 2 fully saturated rings. The third kappa shape index (κ3) is 3.24. The van der Waals surface area contributed by atoms with E-state index < -0.39 is 0 Å². The second kappa shape index (κ2) is 6.84. The first-order valence-corrected chi connectivity index (χ1v) is 8.75. The molecule has 0 aromatic carbocycles. The van der Waals surface area contributed by atoms with Gasteiger partial charge in [-0.25, -0.2) is 9.97 Å². The van der Waals surface area contributed by atoms with Crippen molar-refractivity contribution >= 4 is 11.9 Å². The van der Waals surface area contributed by atoms with Gasteiger partial charge in [-0.3, -0.25) is 4.79 Å². The molecule has 0 spiro atoms. The first-order chi connectivity index (χ1) is 12.2. The molecular formula is C18H22N4O3. The molecule has 7 heteroatoms. The Morgan fingerprint density at radius 3 is 2.84 bits per heavy atom. The van der Waals surface area contributed by atoms with Crippen molar-refractivity contribution in [3.8, 4) is 0 Å². The number of rotatable bonds is 3. The van der Waals surface area contributed by atoms with E-state index in [1.165, 1.54) is 12.8 Å². The zero-order valence-corrected chi connectivity index (χ0v) is 14.4. The number of nitrogens with zero attached hydrogens (tertiary/aromatic N) is 4. The fourth-order valence-electron chi connectivity index (χ4n) is 3.36. The van der Waals surface area contributed by atoms with Crippen LogP contribution in [0.4, 0.5) is 5.95 Å². The van der Waals surface area contributed by atoms with Crippen molar-refractivity contribution < 1.29 is 13.9 Å². The zero-order valence-electron chi connectivity index (χ0n) is 14.4. The summed E-state index contributed by atoms with van der Waals surface area (Å²) in [5.41, 5.74) is 1.68. The van der Waals surface area contributed by atoms with Crippen molar-refractivity contribution in [2.75, 3.05) is 37.7 Å². The van der Waals surface area contributed by atoms with E-state index in [1.807, 2.05) is 13.0 Å². The van der Waals surface area contributed by atoms with E-state index >= 15 is 0 Å². The molecule has 0 unspecified atom stereocenters. The van der Waals surface area contributed by atoms with Crippen LogP contribution in [0.1, 0.15) is 40.8 Å². The van der Waals surface area contributed by atoms with E-state index in [0.717, 1.165) is 30.3 Å². The van der Waals surface area contributed by atoms with Gasteiger partial charge in [0.25, 0.3) is 5.91 Å². The topological polar surface area (TPSA) is 71.7 Å². The molecule has 7 nitrogen and oxygen atoms in total. The van der Waals surface area contributed by atoms with Crippen molar-refractivity contribution in [2.45, 2.75) is 25.9 Å². The summed E-state index contributed by atoms with van der Waals surface area (Å²) in [4.78, 5) is 25.7. The fraction of sp³-hybridized carbons (Fsp3) is 0.500. The number of aromatic nitrogens is 2. The van der Waals surface area contributed by atoms with Gasteiger partial charge in [-0.1, -0.05) is 0 Å². The molecular weight excluding hydrogens is 320 g/mol. The Labute approximate surface area is 146 Å². The Morgan fingerprint density at radius 1 is 1.24 bits per heavy atom. The normalized spacial score (nSPS) is 20.9. The van der Waals surface area contributed by atoms with Gasteiger partial charge < -0.3 is 19.0 Å². The van der Waals surface area contributed by atoms with Gasteiger partial charge in [-0.2, -0.15) is 0 Å². The van der Waals surface area contributed by atoms with Crippen LogP contribution in [0.2, 0.25) is 0 Å². The van der Waals surface area contributed by atoms with Gasteiger partial charge in [-0.15, -0.1) is 0 Å². The number of hydrogen-bond donors (Lipinski definition) is 0. The lowest BCUT2D eigenvalue weighted by Gasteiger charge is -2.32. The monoisotopic (exact) mass is 342 g/mol. The SMILES string of the molecule is Cc1ccoc1C(=O)N1CCO[C@@H](c2ccnc(N3CCCC3)n2)C1. The first kappa shape index (κ1) is 16.1. The molecule has 1 amide bonds. The Morgan fingerprint density at radius 2 is 2.08 bits per heavy atom. The minimum Gasteiger partial charge on any atom is -0.459 e. The Kier molecular flexibility index (Phi) is 4.40. The number of carbonyl (C=O) groups is 1. The van der Waals surface area contributed by atoms with E-state index in [2.05, 4.69) is 14.9 Å². The van der Waals surface area contributed by atoms with Gasteiger partial charge in [0.1, 0.15) is 6.10 Å². The number of amides is 1. The molecule has 132 valence electrons. The number of hydrogen-bond acceptors (Lipinski definition) is 6. The summed E-state index contributed by atoms with van der Waals surface area (Å²) < 4.78 is 11.2. The molecule has 25 heavy (non-hydrogen) atoms. The summed E-state index contributed by atoms with van der Waals surface area (Å²) in [6.07, 6.45) is 5.44. The highest BCUT2D eigenvalue weighted by atomic mass is 16.5. The molecule has 1 atom stereocenters. The number of furan rings is 1. The van der Waals surface area contributed by atoms with E-state index in [1.54, 1.807) is 23.4 Å². The molecule has 4 rings (SSSR count). The molecule has 0 saturated carbocycles. The molecule has 2 aromatic rings. The lowest BCUT2D eigenvalue weighted by Crippen LogP contribution is -2.42. The van der Waals surface area contributed by atoms with Gasteiger partial charge in [0.2, 0.25) is 5.95 Å². The highest BCUT2D eigenvalue weighted by Crippen LogP contribution is 2.24. The predicted octanol–water partition coefficient (Wildman–Crippen LogP) is 2.19. The van der Waals surface area contributed by atoms with Crippen molar-refractivity contribution in [2.24, 2.45) is 0 Å². The minimum absolute atomic E-state index is 0.0929. The maximum Gasteiger partial charge on any atom is 0.290 e. The second-order valence-electron chi connectivity index (χ2n) is 6.52. The molecule has 4 heterocycles. The average molecular weight is 342 g/mol. The summed E-state index contributed by atoms with van der Waals surface area (Å²) >= 11 is 0. The fourth-order valence-corrected chi connectivity index (χ4v) is 3.36. The van der Waals surface area contributed by atoms with Crippen LogP contribution in [0, 0.1) is 6.92 Å². The van der Waals surface area contributed by atoms with Gasteiger partial charge in [-0.05, 0) is 31.9 Å². The van der Waals surface area contributed by atoms with Crippen LogP contribution in [0.5, 0.6) is 0 Å². The number of aryl methyl sites for hydroxylation is 1. The molecule has 2 aliphatic rings. The highest BCUT2D eigenvalue weighted by Gasteiger charge is 2.29. The Hall–Kier alpha value is -2.41. The number of anilines is 1. The van der Waals surface area contributed by atoms with Crippen LogP contribution in [0.3, 0.4) is 0 Å². The summed E-state index contributed by atoms with van der Waals surface area (Å²) in [5.74, 6) is 1.06. The van der Waals surface area contributed by atoms with E-state index in [-0.39, 0.29) is 12.0 Å². The lowest BCUT2D eigenvalue weighted by atomic mass is 10.1. The van der Waals surface area contributed by atoms with Gasteiger partial charge in [0, 0.05) is 31.4 Å². The van der Waals surface area contributed by atoms with Gasteiger partial charge in [0.15, 0.2) is 5.76 Å². The second-order valence-corrected chi connectivity index (χ2v) is 6.52. The van der Waals surface area contributed by atoms with Crippen molar-refractivity contribution in [3.05, 3.63) is 41.6 Å². The minimum atomic E-state index is -0.239. The third-order valence-electron chi connectivity index (χ3n) is 4.79. The van der Waals surface area contributed by atoms with Crippen LogP contribution in [0.15, 0.2) is 29.0 Å². The maximum absolute atomic E-state index is 12.7. The summed E-state index contributed by atoms with van der Waals surface area (Å²) in [5, 5.41) is 0. The molecule has 0 aliphatic carbocycles. The molecule has 2 aliphatic heterocycles. The lowest BCUT2D eigenvalue weighted by molar-refractivity contribution is -0.0257. The molecule has 0 radical (unpaired) electrons. The molecule has 2 saturated heterocycles. The smallest absolute Gasteiger partial charge is 0.290 e. The van der Waals surface area contributed by atoms with Crippen LogP contribution in [-0.4, -0.2) is 53.6 Å². The third-order valence-corrected chi connectivity index (χ3v) is 4.79. The van der Waals surface area contributed by atoms with Crippen LogP contribution >= 0.6 is 0 Å². The Balaban J connectivity index is 1.50. The largest absolute Gasteiger partial charge is 0.459 e. The molecule has 0 N–H and O–H groups in total. The summed E-state index contributed by atoms with van der Waals surface area (Å²) in [7, 11) is 0. The van der Waals surface area contributed by atoms with Crippen LogP contribution < -0.4 is 4.90 Å². The number of carbonyl (C=O) groups excluding carboxylic acids is 1. The Bertz CT molecular complexity index is 754. The zero-order chi connectivity index (χ0) is 17.2.